The molecule has 0 aliphatic heterocycles. The van der Waals surface area contributed by atoms with Gasteiger partial charge >= 0.3 is 5.69 Å². The molecule has 5 rings (SSSR count). The van der Waals surface area contributed by atoms with Crippen LogP contribution in [0.15, 0.2) is 77.7 Å². The molecule has 2 heterocycles. The molecule has 8 heteroatoms. The number of imidazole rings is 1. The van der Waals surface area contributed by atoms with Crippen molar-refractivity contribution in [3.05, 3.63) is 105 Å². The van der Waals surface area contributed by atoms with Crippen LogP contribution in [0.1, 0.15) is 43.0 Å². The number of benzene rings is 3. The van der Waals surface area contributed by atoms with E-state index in [1.165, 1.54) is 0 Å². The molecule has 0 atom stereocenters. The van der Waals surface area contributed by atoms with E-state index in [4.69, 9.17) is 11.6 Å². The van der Waals surface area contributed by atoms with Crippen LogP contribution in [0, 0.1) is 6.92 Å². The van der Waals surface area contributed by atoms with E-state index in [-0.39, 0.29) is 5.69 Å². The molecule has 7 nitrogen and oxygen atoms in total. The number of unbranched alkanes of at least 4 members (excludes halogenated alkanes) is 2. The monoisotopic (exact) mass is 512 g/mol. The number of hydrogen-bond acceptors (Lipinski definition) is 4. The Bertz CT molecular complexity index is 1530. The van der Waals surface area contributed by atoms with E-state index in [0.29, 0.717) is 17.4 Å². The molecule has 37 heavy (non-hydrogen) atoms. The van der Waals surface area contributed by atoms with Crippen LogP contribution in [0.2, 0.25) is 5.02 Å². The molecule has 0 spiro atoms. The van der Waals surface area contributed by atoms with Crippen LogP contribution in [0.3, 0.4) is 0 Å². The molecular weight excluding hydrogens is 484 g/mol. The summed E-state index contributed by atoms with van der Waals surface area (Å²) in [5.74, 6) is 0.624. The summed E-state index contributed by atoms with van der Waals surface area (Å²) in [7, 11) is 0. The molecule has 0 saturated heterocycles. The van der Waals surface area contributed by atoms with Gasteiger partial charge in [-0.25, -0.2) is 9.89 Å². The van der Waals surface area contributed by atoms with Crippen LogP contribution in [0.4, 0.5) is 0 Å². The minimum Gasteiger partial charge on any atom is -0.292 e. The van der Waals surface area contributed by atoms with Crippen molar-refractivity contribution in [1.29, 1.82) is 0 Å². The number of para-hydroxylation sites is 1. The molecule has 0 saturated carbocycles. The number of hydrogen-bond donors (Lipinski definition) is 1. The van der Waals surface area contributed by atoms with Gasteiger partial charge in [0.05, 0.1) is 17.3 Å². The summed E-state index contributed by atoms with van der Waals surface area (Å²) in [5.41, 5.74) is 6.73. The maximum absolute atomic E-state index is 13.6. The van der Waals surface area contributed by atoms with Crippen molar-refractivity contribution in [3.8, 4) is 28.2 Å². The van der Waals surface area contributed by atoms with Gasteiger partial charge in [-0.2, -0.15) is 0 Å². The lowest BCUT2D eigenvalue weighted by Crippen LogP contribution is -2.25. The Labute approximate surface area is 220 Å². The number of aromatic amines is 1. The first-order chi connectivity index (χ1) is 18.1. The second-order valence-electron chi connectivity index (χ2n) is 9.21. The average Bonchev–Trinajstić information content (AvgIpc) is 3.55. The first-order valence-corrected chi connectivity index (χ1v) is 12.9. The van der Waals surface area contributed by atoms with Crippen LogP contribution in [0.25, 0.3) is 28.2 Å². The third kappa shape index (κ3) is 5.13. The Morgan fingerprint density at radius 2 is 1.73 bits per heavy atom. The number of tetrazole rings is 1. The summed E-state index contributed by atoms with van der Waals surface area (Å²) in [5, 5.41) is 14.9. The Morgan fingerprint density at radius 1 is 0.946 bits per heavy atom. The molecule has 2 aromatic heterocycles. The lowest BCUT2D eigenvalue weighted by molar-refractivity contribution is 0.653. The van der Waals surface area contributed by atoms with Crippen molar-refractivity contribution >= 4 is 11.6 Å². The fourth-order valence-electron chi connectivity index (χ4n) is 4.73. The van der Waals surface area contributed by atoms with Gasteiger partial charge in [0.2, 0.25) is 0 Å². The maximum atomic E-state index is 13.6. The molecule has 0 fully saturated rings. The van der Waals surface area contributed by atoms with E-state index in [1.807, 2.05) is 54.1 Å². The standard InChI is InChI=1S/C29H29ClN6O/c1-3-4-5-10-23-19-36(27-20(2)9-8-13-26(27)30)29(37)35(23)18-21-14-16-22(17-15-21)24-11-6-7-12-25(24)28-31-33-34-32-28/h6-9,11-17,19H,3-5,10,18H2,1-2H3,(H,31,32,33,34). The smallest absolute Gasteiger partial charge is 0.292 e. The third-order valence-corrected chi connectivity index (χ3v) is 6.97. The summed E-state index contributed by atoms with van der Waals surface area (Å²) < 4.78 is 3.58. The SMILES string of the molecule is CCCCCc1cn(-c2c(C)cccc2Cl)c(=O)n1Cc1ccc(-c2ccccc2-c2nnn[nH]2)cc1. The molecular formula is C29H29ClN6O. The van der Waals surface area contributed by atoms with E-state index in [2.05, 4.69) is 57.9 Å². The second kappa shape index (κ2) is 11.0. The highest BCUT2D eigenvalue weighted by atomic mass is 35.5. The van der Waals surface area contributed by atoms with Gasteiger partial charge in [0.1, 0.15) is 0 Å². The van der Waals surface area contributed by atoms with Crippen LogP contribution >= 0.6 is 11.6 Å². The summed E-state index contributed by atoms with van der Waals surface area (Å²) >= 11 is 6.53. The number of nitrogens with zero attached hydrogens (tertiary/aromatic N) is 5. The molecule has 0 aliphatic rings. The summed E-state index contributed by atoms with van der Waals surface area (Å²) in [6.07, 6.45) is 6.09. The predicted octanol–water partition coefficient (Wildman–Crippen LogP) is 6.23. The zero-order chi connectivity index (χ0) is 25.8. The zero-order valence-electron chi connectivity index (χ0n) is 21.0. The van der Waals surface area contributed by atoms with Gasteiger partial charge in [-0.1, -0.05) is 92.0 Å². The minimum absolute atomic E-state index is 0.0741. The van der Waals surface area contributed by atoms with E-state index < -0.39 is 0 Å². The number of halogens is 1. The van der Waals surface area contributed by atoms with Gasteiger partial charge < -0.3 is 0 Å². The fourth-order valence-corrected chi connectivity index (χ4v) is 5.04. The number of rotatable bonds is 9. The molecule has 1 N–H and O–H groups in total. The van der Waals surface area contributed by atoms with E-state index in [1.54, 1.807) is 4.57 Å². The van der Waals surface area contributed by atoms with Crippen molar-refractivity contribution in [3.63, 3.8) is 0 Å². The summed E-state index contributed by atoms with van der Waals surface area (Å²) in [6.45, 7) is 4.65. The average molecular weight is 513 g/mol. The lowest BCUT2D eigenvalue weighted by Gasteiger charge is -2.10. The van der Waals surface area contributed by atoms with Crippen LogP contribution in [-0.2, 0) is 13.0 Å². The number of aryl methyl sites for hydroxylation is 2. The largest absolute Gasteiger partial charge is 0.333 e. The quantitative estimate of drug-likeness (QED) is 0.237. The van der Waals surface area contributed by atoms with Crippen molar-refractivity contribution in [2.24, 2.45) is 0 Å². The Balaban J connectivity index is 1.48. The Kier molecular flexibility index (Phi) is 7.32. The van der Waals surface area contributed by atoms with Gasteiger partial charge in [0, 0.05) is 17.5 Å². The molecule has 0 amide bonds. The van der Waals surface area contributed by atoms with Gasteiger partial charge in [-0.15, -0.1) is 5.10 Å². The van der Waals surface area contributed by atoms with Crippen LogP contribution < -0.4 is 5.69 Å². The number of aromatic nitrogens is 6. The number of H-pyrrole nitrogens is 1. The van der Waals surface area contributed by atoms with Crippen molar-refractivity contribution < 1.29 is 0 Å². The molecule has 0 unspecified atom stereocenters. The Hall–Kier alpha value is -3.97. The van der Waals surface area contributed by atoms with Crippen molar-refractivity contribution in [2.75, 3.05) is 0 Å². The summed E-state index contributed by atoms with van der Waals surface area (Å²) in [4.78, 5) is 13.6. The topological polar surface area (TPSA) is 81.4 Å². The van der Waals surface area contributed by atoms with Crippen LogP contribution in [0.5, 0.6) is 0 Å². The molecule has 5 aromatic rings. The summed E-state index contributed by atoms with van der Waals surface area (Å²) in [6, 6.07) is 22.0. The highest BCUT2D eigenvalue weighted by Gasteiger charge is 2.17. The first-order valence-electron chi connectivity index (χ1n) is 12.6. The van der Waals surface area contributed by atoms with E-state index >= 15 is 0 Å². The lowest BCUT2D eigenvalue weighted by atomic mass is 9.98. The third-order valence-electron chi connectivity index (χ3n) is 6.66. The highest BCUT2D eigenvalue weighted by molar-refractivity contribution is 6.32. The molecule has 0 bridgehead atoms. The van der Waals surface area contributed by atoms with Crippen molar-refractivity contribution in [2.45, 2.75) is 46.1 Å². The highest BCUT2D eigenvalue weighted by Crippen LogP contribution is 2.30. The Morgan fingerprint density at radius 3 is 2.43 bits per heavy atom. The normalized spacial score (nSPS) is 11.2. The fraction of sp³-hybridized carbons (Fsp3) is 0.241. The van der Waals surface area contributed by atoms with Gasteiger partial charge in [-0.3, -0.25) is 9.13 Å². The minimum atomic E-state index is -0.0741. The van der Waals surface area contributed by atoms with E-state index in [0.717, 1.165) is 64.9 Å². The van der Waals surface area contributed by atoms with Crippen LogP contribution in [-0.4, -0.2) is 29.8 Å². The van der Waals surface area contributed by atoms with Gasteiger partial charge in [-0.05, 0) is 58.5 Å². The van der Waals surface area contributed by atoms with E-state index in [9.17, 15) is 4.79 Å². The molecule has 188 valence electrons. The van der Waals surface area contributed by atoms with Gasteiger partial charge in [0.15, 0.2) is 5.82 Å². The predicted molar refractivity (Wildman–Crippen MR) is 147 cm³/mol. The number of nitrogens with one attached hydrogen (secondary N) is 1. The molecule has 0 radical (unpaired) electrons. The van der Waals surface area contributed by atoms with Crippen molar-refractivity contribution in [1.82, 2.24) is 29.8 Å². The second-order valence-corrected chi connectivity index (χ2v) is 9.62. The van der Waals surface area contributed by atoms with Gasteiger partial charge in [0.25, 0.3) is 0 Å². The molecule has 0 aliphatic carbocycles. The molecule has 3 aromatic carbocycles. The first kappa shape index (κ1) is 24.7. The maximum Gasteiger partial charge on any atom is 0.333 e. The zero-order valence-corrected chi connectivity index (χ0v) is 21.7.